The number of amides is 1. The van der Waals surface area contributed by atoms with Crippen LogP contribution in [0.4, 0.5) is 15.8 Å². The van der Waals surface area contributed by atoms with Crippen molar-refractivity contribution >= 4 is 17.3 Å². The number of hydrogen-bond donors (Lipinski definition) is 1. The van der Waals surface area contributed by atoms with Crippen LogP contribution in [-0.4, -0.2) is 46.4 Å². The second-order valence-electron chi connectivity index (χ2n) is 6.18. The van der Waals surface area contributed by atoms with Crippen LogP contribution < -0.4 is 19.7 Å². The quantitative estimate of drug-likeness (QED) is 0.843. The fourth-order valence-electron chi connectivity index (χ4n) is 3.00. The first kappa shape index (κ1) is 19.0. The van der Waals surface area contributed by atoms with E-state index >= 15 is 0 Å². The Balaban J connectivity index is 1.70. The Morgan fingerprint density at radius 2 is 1.85 bits per heavy atom. The van der Waals surface area contributed by atoms with E-state index in [0.717, 1.165) is 24.3 Å². The monoisotopic (exact) mass is 374 g/mol. The number of hydrogen-bond acceptors (Lipinski definition) is 5. The van der Waals surface area contributed by atoms with Crippen molar-refractivity contribution in [2.24, 2.45) is 0 Å². The van der Waals surface area contributed by atoms with Crippen molar-refractivity contribution in [3.63, 3.8) is 0 Å². The molecule has 0 bridgehead atoms. The second kappa shape index (κ2) is 8.73. The number of carbonyl (C=O) groups is 1. The molecule has 0 saturated carbocycles. The fraction of sp³-hybridized carbons (Fsp3) is 0.350. The average Bonchev–Trinajstić information content (AvgIpc) is 2.70. The molecule has 1 fully saturated rings. The molecule has 0 aliphatic carbocycles. The van der Waals surface area contributed by atoms with Crippen molar-refractivity contribution in [2.75, 3.05) is 50.7 Å². The maximum Gasteiger partial charge on any atom is 0.228 e. The molecule has 1 amide bonds. The third-order valence-corrected chi connectivity index (χ3v) is 4.41. The minimum absolute atomic E-state index is 0.0988. The van der Waals surface area contributed by atoms with Crippen molar-refractivity contribution < 1.29 is 23.4 Å². The number of nitrogens with zero attached hydrogens (tertiary/aromatic N) is 1. The number of benzene rings is 2. The first-order chi connectivity index (χ1) is 13.1. The SMILES string of the molecule is COc1ccc(CC(=O)Nc2cc(N3CCOCC3)ccc2F)cc1OC. The molecule has 1 aliphatic rings. The van der Waals surface area contributed by atoms with E-state index < -0.39 is 5.82 Å². The highest BCUT2D eigenvalue weighted by molar-refractivity contribution is 5.93. The summed E-state index contributed by atoms with van der Waals surface area (Å²) in [4.78, 5) is 14.5. The Hall–Kier alpha value is -2.80. The lowest BCUT2D eigenvalue weighted by atomic mass is 10.1. The summed E-state index contributed by atoms with van der Waals surface area (Å²) in [5.41, 5.74) is 1.78. The minimum atomic E-state index is -0.465. The molecule has 2 aromatic carbocycles. The van der Waals surface area contributed by atoms with Gasteiger partial charge in [-0.3, -0.25) is 4.79 Å². The van der Waals surface area contributed by atoms with Gasteiger partial charge in [0.05, 0.1) is 39.5 Å². The second-order valence-corrected chi connectivity index (χ2v) is 6.18. The summed E-state index contributed by atoms with van der Waals surface area (Å²) in [6.45, 7) is 2.76. The molecule has 144 valence electrons. The zero-order chi connectivity index (χ0) is 19.2. The summed E-state index contributed by atoms with van der Waals surface area (Å²) in [5.74, 6) is 0.363. The Morgan fingerprint density at radius 1 is 1.11 bits per heavy atom. The number of carbonyl (C=O) groups excluding carboxylic acids is 1. The first-order valence-corrected chi connectivity index (χ1v) is 8.73. The van der Waals surface area contributed by atoms with Crippen molar-refractivity contribution in [1.82, 2.24) is 0 Å². The molecule has 1 aliphatic heterocycles. The number of rotatable bonds is 6. The van der Waals surface area contributed by atoms with Crippen LogP contribution in [-0.2, 0) is 16.0 Å². The smallest absolute Gasteiger partial charge is 0.228 e. The number of ether oxygens (including phenoxy) is 3. The van der Waals surface area contributed by atoms with Gasteiger partial charge in [-0.25, -0.2) is 4.39 Å². The van der Waals surface area contributed by atoms with Crippen LogP contribution >= 0.6 is 0 Å². The third-order valence-electron chi connectivity index (χ3n) is 4.41. The summed E-state index contributed by atoms with van der Waals surface area (Å²) in [6.07, 6.45) is 0.0988. The number of morpholine rings is 1. The van der Waals surface area contributed by atoms with Crippen LogP contribution in [0.1, 0.15) is 5.56 Å². The molecular weight excluding hydrogens is 351 g/mol. The van der Waals surface area contributed by atoms with Crippen LogP contribution in [0.5, 0.6) is 11.5 Å². The van der Waals surface area contributed by atoms with Gasteiger partial charge in [0.25, 0.3) is 0 Å². The molecule has 2 aromatic rings. The molecule has 6 nitrogen and oxygen atoms in total. The van der Waals surface area contributed by atoms with Crippen LogP contribution in [0.15, 0.2) is 36.4 Å². The van der Waals surface area contributed by atoms with E-state index in [1.807, 2.05) is 0 Å². The molecular formula is C20H23FN2O4. The van der Waals surface area contributed by atoms with Crippen LogP contribution in [0, 0.1) is 5.82 Å². The predicted molar refractivity (Wildman–Crippen MR) is 101 cm³/mol. The zero-order valence-electron chi connectivity index (χ0n) is 15.5. The zero-order valence-corrected chi connectivity index (χ0v) is 15.5. The number of methoxy groups -OCH3 is 2. The summed E-state index contributed by atoms with van der Waals surface area (Å²) < 4.78 is 29.9. The minimum Gasteiger partial charge on any atom is -0.493 e. The van der Waals surface area contributed by atoms with Crippen molar-refractivity contribution in [3.8, 4) is 11.5 Å². The van der Waals surface area contributed by atoms with Gasteiger partial charge in [-0.1, -0.05) is 6.07 Å². The summed E-state index contributed by atoms with van der Waals surface area (Å²) in [5, 5.41) is 2.66. The molecule has 1 N–H and O–H groups in total. The first-order valence-electron chi connectivity index (χ1n) is 8.73. The van der Waals surface area contributed by atoms with Gasteiger partial charge in [0, 0.05) is 18.8 Å². The molecule has 0 aromatic heterocycles. The highest BCUT2D eigenvalue weighted by atomic mass is 19.1. The molecule has 1 heterocycles. The average molecular weight is 374 g/mol. The summed E-state index contributed by atoms with van der Waals surface area (Å²) in [6, 6.07) is 10.00. The Labute approximate surface area is 157 Å². The number of nitrogens with one attached hydrogen (secondary N) is 1. The van der Waals surface area contributed by atoms with Crippen molar-refractivity contribution in [2.45, 2.75) is 6.42 Å². The summed E-state index contributed by atoms with van der Waals surface area (Å²) >= 11 is 0. The molecule has 0 unspecified atom stereocenters. The van der Waals surface area contributed by atoms with Gasteiger partial charge in [0.15, 0.2) is 11.5 Å². The highest BCUT2D eigenvalue weighted by Gasteiger charge is 2.15. The van der Waals surface area contributed by atoms with E-state index in [9.17, 15) is 9.18 Å². The van der Waals surface area contributed by atoms with Crippen molar-refractivity contribution in [3.05, 3.63) is 47.8 Å². The highest BCUT2D eigenvalue weighted by Crippen LogP contribution is 2.28. The van der Waals surface area contributed by atoms with Crippen LogP contribution in [0.2, 0.25) is 0 Å². The fourth-order valence-corrected chi connectivity index (χ4v) is 3.00. The molecule has 0 radical (unpaired) electrons. The van der Waals surface area contributed by atoms with E-state index in [1.54, 1.807) is 37.4 Å². The lowest BCUT2D eigenvalue weighted by Gasteiger charge is -2.29. The molecule has 0 atom stereocenters. The van der Waals surface area contributed by atoms with Gasteiger partial charge in [-0.2, -0.15) is 0 Å². The lowest BCUT2D eigenvalue weighted by Crippen LogP contribution is -2.36. The Bertz CT molecular complexity index is 807. The van der Waals surface area contributed by atoms with E-state index in [2.05, 4.69) is 10.2 Å². The number of halogens is 1. The summed E-state index contributed by atoms with van der Waals surface area (Å²) in [7, 11) is 3.09. The molecule has 3 rings (SSSR count). The maximum absolute atomic E-state index is 14.2. The van der Waals surface area contributed by atoms with Gasteiger partial charge >= 0.3 is 0 Å². The molecule has 7 heteroatoms. The van der Waals surface area contributed by atoms with E-state index in [1.165, 1.54) is 13.2 Å². The third kappa shape index (κ3) is 4.68. The normalized spacial score (nSPS) is 14.0. The van der Waals surface area contributed by atoms with E-state index in [4.69, 9.17) is 14.2 Å². The van der Waals surface area contributed by atoms with E-state index in [0.29, 0.717) is 24.7 Å². The van der Waals surface area contributed by atoms with Gasteiger partial charge in [-0.15, -0.1) is 0 Å². The standard InChI is InChI=1S/C20H23FN2O4/c1-25-18-6-3-14(11-19(18)26-2)12-20(24)22-17-13-15(4-5-16(17)21)23-7-9-27-10-8-23/h3-6,11,13H,7-10,12H2,1-2H3,(H,22,24). The lowest BCUT2D eigenvalue weighted by molar-refractivity contribution is -0.115. The number of anilines is 2. The maximum atomic E-state index is 14.2. The topological polar surface area (TPSA) is 60.0 Å². The van der Waals surface area contributed by atoms with Gasteiger partial charge in [0.2, 0.25) is 5.91 Å². The molecule has 1 saturated heterocycles. The van der Waals surface area contributed by atoms with Gasteiger partial charge in [-0.05, 0) is 35.9 Å². The van der Waals surface area contributed by atoms with Crippen molar-refractivity contribution in [1.29, 1.82) is 0 Å². The van der Waals surface area contributed by atoms with Crippen LogP contribution in [0.3, 0.4) is 0 Å². The molecule has 27 heavy (non-hydrogen) atoms. The largest absolute Gasteiger partial charge is 0.493 e. The van der Waals surface area contributed by atoms with E-state index in [-0.39, 0.29) is 18.0 Å². The predicted octanol–water partition coefficient (Wildman–Crippen LogP) is 2.86. The Morgan fingerprint density at radius 3 is 2.56 bits per heavy atom. The Kier molecular flexibility index (Phi) is 6.13. The van der Waals surface area contributed by atoms with Gasteiger partial charge in [0.1, 0.15) is 5.82 Å². The van der Waals surface area contributed by atoms with Crippen LogP contribution in [0.25, 0.3) is 0 Å². The van der Waals surface area contributed by atoms with Gasteiger partial charge < -0.3 is 24.4 Å². The molecule has 0 spiro atoms.